The zero-order valence-corrected chi connectivity index (χ0v) is 11.6. The summed E-state index contributed by atoms with van der Waals surface area (Å²) in [6.07, 6.45) is 6.12. The van der Waals surface area contributed by atoms with Crippen molar-refractivity contribution in [1.29, 1.82) is 0 Å². The van der Waals surface area contributed by atoms with E-state index < -0.39 is 17.5 Å². The number of likely N-dealkylation sites (tertiary alicyclic amines) is 1. The molecular weight excluding hydrogens is 246 g/mol. The molecule has 1 saturated heterocycles. The number of piperidine rings is 1. The Morgan fingerprint density at radius 1 is 1.21 bits per heavy atom. The van der Waals surface area contributed by atoms with Gasteiger partial charge in [-0.1, -0.05) is 19.3 Å². The molecule has 2 fully saturated rings. The molecule has 1 atom stereocenters. The second-order valence-corrected chi connectivity index (χ2v) is 5.69. The smallest absolute Gasteiger partial charge is 0.308 e. The maximum Gasteiger partial charge on any atom is 0.308 e. The molecule has 0 unspecified atom stereocenters. The summed E-state index contributed by atoms with van der Waals surface area (Å²) in [6, 6.07) is 0. The summed E-state index contributed by atoms with van der Waals surface area (Å²) < 4.78 is 5.55. The third-order valence-corrected chi connectivity index (χ3v) is 4.50. The normalized spacial score (nSPS) is 27.0. The number of amides is 1. The molecule has 1 heterocycles. The molecule has 108 valence electrons. The molecule has 1 N–H and O–H groups in total. The molecule has 0 aromatic carbocycles. The van der Waals surface area contributed by atoms with E-state index in [9.17, 15) is 9.59 Å². The third-order valence-electron chi connectivity index (χ3n) is 4.50. The number of methoxy groups -OCH3 is 1. The number of carbonyl (C=O) groups excluding carboxylic acids is 1. The average molecular weight is 269 g/mol. The number of carbonyl (C=O) groups is 2. The van der Waals surface area contributed by atoms with Crippen LogP contribution in [-0.2, 0) is 14.3 Å². The fraction of sp³-hybridized carbons (Fsp3) is 0.857. The molecule has 0 aromatic rings. The van der Waals surface area contributed by atoms with Crippen LogP contribution in [0.15, 0.2) is 0 Å². The molecule has 2 aliphatic rings. The van der Waals surface area contributed by atoms with E-state index in [2.05, 4.69) is 0 Å². The van der Waals surface area contributed by atoms with Crippen LogP contribution in [0.25, 0.3) is 0 Å². The van der Waals surface area contributed by atoms with Crippen LogP contribution in [0.1, 0.15) is 44.9 Å². The van der Waals surface area contributed by atoms with Crippen molar-refractivity contribution in [2.24, 2.45) is 5.92 Å². The average Bonchev–Trinajstić information content (AvgIpc) is 2.47. The van der Waals surface area contributed by atoms with Gasteiger partial charge < -0.3 is 14.7 Å². The summed E-state index contributed by atoms with van der Waals surface area (Å²) in [5.41, 5.74) is -0.696. The van der Waals surface area contributed by atoms with Gasteiger partial charge in [0.1, 0.15) is 5.60 Å². The molecule has 0 bridgehead atoms. The van der Waals surface area contributed by atoms with Gasteiger partial charge in [-0.3, -0.25) is 9.59 Å². The van der Waals surface area contributed by atoms with Gasteiger partial charge in [0.25, 0.3) is 5.91 Å². The van der Waals surface area contributed by atoms with Crippen LogP contribution < -0.4 is 0 Å². The van der Waals surface area contributed by atoms with E-state index in [0.29, 0.717) is 19.5 Å². The second-order valence-electron chi connectivity index (χ2n) is 5.69. The van der Waals surface area contributed by atoms with Crippen molar-refractivity contribution in [2.45, 2.75) is 50.5 Å². The Kier molecular flexibility index (Phi) is 4.45. The fourth-order valence-corrected chi connectivity index (χ4v) is 3.28. The lowest BCUT2D eigenvalue weighted by Crippen LogP contribution is -2.54. The largest absolute Gasteiger partial charge is 0.481 e. The van der Waals surface area contributed by atoms with Crippen LogP contribution in [0.2, 0.25) is 0 Å². The van der Waals surface area contributed by atoms with Crippen LogP contribution in [0, 0.1) is 5.92 Å². The van der Waals surface area contributed by atoms with Gasteiger partial charge in [0, 0.05) is 20.2 Å². The van der Waals surface area contributed by atoms with Gasteiger partial charge in [-0.05, 0) is 25.7 Å². The van der Waals surface area contributed by atoms with Crippen molar-refractivity contribution >= 4 is 11.9 Å². The summed E-state index contributed by atoms with van der Waals surface area (Å²) in [4.78, 5) is 25.5. The third kappa shape index (κ3) is 2.91. The topological polar surface area (TPSA) is 66.8 Å². The highest BCUT2D eigenvalue weighted by molar-refractivity contribution is 5.86. The SMILES string of the molecule is COC1(C(=O)N2CCC[C@H](C(=O)O)C2)CCCCC1. The Bertz CT molecular complexity index is 349. The van der Waals surface area contributed by atoms with E-state index in [1.807, 2.05) is 0 Å². The Hall–Kier alpha value is -1.10. The molecule has 0 spiro atoms. The van der Waals surface area contributed by atoms with Gasteiger partial charge in [0.15, 0.2) is 0 Å². The van der Waals surface area contributed by atoms with Crippen molar-refractivity contribution in [2.75, 3.05) is 20.2 Å². The summed E-state index contributed by atoms with van der Waals surface area (Å²) in [5.74, 6) is -1.22. The summed E-state index contributed by atoms with van der Waals surface area (Å²) in [7, 11) is 1.60. The highest BCUT2D eigenvalue weighted by atomic mass is 16.5. The standard InChI is InChI=1S/C14H23NO4/c1-19-14(7-3-2-4-8-14)13(18)15-9-5-6-11(10-15)12(16)17/h11H,2-10H2,1H3,(H,16,17)/t11-/m0/s1. The van der Waals surface area contributed by atoms with Crippen LogP contribution in [-0.4, -0.2) is 47.7 Å². The lowest BCUT2D eigenvalue weighted by Gasteiger charge is -2.41. The molecule has 1 aliphatic carbocycles. The van der Waals surface area contributed by atoms with Crippen molar-refractivity contribution < 1.29 is 19.4 Å². The molecule has 19 heavy (non-hydrogen) atoms. The van der Waals surface area contributed by atoms with Gasteiger partial charge in [-0.25, -0.2) is 0 Å². The molecule has 1 amide bonds. The van der Waals surface area contributed by atoms with Gasteiger partial charge >= 0.3 is 5.97 Å². The summed E-state index contributed by atoms with van der Waals surface area (Å²) in [5, 5.41) is 9.10. The first kappa shape index (κ1) is 14.3. The van der Waals surface area contributed by atoms with Crippen molar-refractivity contribution in [3.63, 3.8) is 0 Å². The van der Waals surface area contributed by atoms with Gasteiger partial charge in [-0.15, -0.1) is 0 Å². The zero-order chi connectivity index (χ0) is 13.9. The second kappa shape index (κ2) is 5.90. The Balaban J connectivity index is 2.06. The zero-order valence-electron chi connectivity index (χ0n) is 11.6. The van der Waals surface area contributed by atoms with Crippen LogP contribution in [0.5, 0.6) is 0 Å². The molecule has 0 radical (unpaired) electrons. The lowest BCUT2D eigenvalue weighted by atomic mass is 9.82. The van der Waals surface area contributed by atoms with Crippen LogP contribution >= 0.6 is 0 Å². The molecule has 5 heteroatoms. The minimum absolute atomic E-state index is 0.000602. The number of hydrogen-bond acceptors (Lipinski definition) is 3. The van der Waals surface area contributed by atoms with Crippen LogP contribution in [0.3, 0.4) is 0 Å². The number of ether oxygens (including phenoxy) is 1. The lowest BCUT2D eigenvalue weighted by molar-refractivity contribution is -0.162. The predicted molar refractivity (Wildman–Crippen MR) is 69.8 cm³/mol. The van der Waals surface area contributed by atoms with Gasteiger partial charge in [0.2, 0.25) is 0 Å². The Morgan fingerprint density at radius 3 is 2.47 bits per heavy atom. The molecule has 5 nitrogen and oxygen atoms in total. The first-order chi connectivity index (χ1) is 9.09. The number of rotatable bonds is 3. The number of nitrogens with zero attached hydrogens (tertiary/aromatic N) is 1. The quantitative estimate of drug-likeness (QED) is 0.846. The Morgan fingerprint density at radius 2 is 1.89 bits per heavy atom. The predicted octanol–water partition coefficient (Wildman–Crippen LogP) is 1.66. The first-order valence-corrected chi connectivity index (χ1v) is 7.16. The Labute approximate surface area is 113 Å². The first-order valence-electron chi connectivity index (χ1n) is 7.16. The molecule has 0 aromatic heterocycles. The molecule has 2 rings (SSSR count). The van der Waals surface area contributed by atoms with Crippen molar-refractivity contribution in [3.8, 4) is 0 Å². The highest BCUT2D eigenvalue weighted by Crippen LogP contribution is 2.34. The minimum Gasteiger partial charge on any atom is -0.481 e. The number of aliphatic carboxylic acids is 1. The number of carboxylic acid groups (broad SMARTS) is 1. The highest BCUT2D eigenvalue weighted by Gasteiger charge is 2.43. The maximum atomic E-state index is 12.7. The van der Waals surface area contributed by atoms with E-state index in [4.69, 9.17) is 9.84 Å². The van der Waals surface area contributed by atoms with Crippen molar-refractivity contribution in [1.82, 2.24) is 4.90 Å². The van der Waals surface area contributed by atoms with E-state index in [-0.39, 0.29) is 5.91 Å². The summed E-state index contributed by atoms with van der Waals surface area (Å²) in [6.45, 7) is 0.993. The van der Waals surface area contributed by atoms with Gasteiger partial charge in [0.05, 0.1) is 5.92 Å². The van der Waals surface area contributed by atoms with E-state index in [0.717, 1.165) is 38.5 Å². The molecular formula is C14H23NO4. The van der Waals surface area contributed by atoms with E-state index in [1.165, 1.54) is 0 Å². The minimum atomic E-state index is -0.799. The summed E-state index contributed by atoms with van der Waals surface area (Å²) >= 11 is 0. The van der Waals surface area contributed by atoms with Gasteiger partial charge in [-0.2, -0.15) is 0 Å². The van der Waals surface area contributed by atoms with E-state index in [1.54, 1.807) is 12.0 Å². The maximum absolute atomic E-state index is 12.7. The monoisotopic (exact) mass is 269 g/mol. The number of carboxylic acids is 1. The number of hydrogen-bond donors (Lipinski definition) is 1. The van der Waals surface area contributed by atoms with Crippen LogP contribution in [0.4, 0.5) is 0 Å². The van der Waals surface area contributed by atoms with Crippen molar-refractivity contribution in [3.05, 3.63) is 0 Å². The molecule has 1 saturated carbocycles. The van der Waals surface area contributed by atoms with E-state index >= 15 is 0 Å². The fourth-order valence-electron chi connectivity index (χ4n) is 3.28. The molecule has 1 aliphatic heterocycles.